The maximum Gasteiger partial charge on any atom is 0.305 e. The molecule has 1 saturated heterocycles. The average Bonchev–Trinajstić information content (AvgIpc) is 3.49. The molecular weight excluding hydrogens is 662 g/mol. The van der Waals surface area contributed by atoms with Crippen LogP contribution in [0.2, 0.25) is 0 Å². The highest BCUT2D eigenvalue weighted by atomic mass is 16.4. The van der Waals surface area contributed by atoms with E-state index in [1.807, 2.05) is 18.2 Å². The molecule has 2 aromatic carbocycles. The Bertz CT molecular complexity index is 1840. The number of amides is 6. The maximum atomic E-state index is 14.2. The first-order chi connectivity index (χ1) is 24.2. The van der Waals surface area contributed by atoms with E-state index in [4.69, 9.17) is 11.1 Å². The molecule has 17 nitrogen and oxygen atoms in total. The monoisotopic (exact) mass is 703 g/mol. The number of aromatic amines is 1. The Morgan fingerprint density at radius 1 is 0.922 bits per heavy atom. The third-order valence-corrected chi connectivity index (χ3v) is 8.39. The average molecular weight is 704 g/mol. The number of hydrogen-bond donors (Lipinski definition) is 9. The number of nitrogens with two attached hydrogens (primary N) is 1. The van der Waals surface area contributed by atoms with Gasteiger partial charge >= 0.3 is 5.97 Å². The topological polar surface area (TPSA) is 269 Å². The van der Waals surface area contributed by atoms with Crippen molar-refractivity contribution in [1.29, 1.82) is 5.41 Å². The molecule has 17 heteroatoms. The lowest BCUT2D eigenvalue weighted by Crippen LogP contribution is -2.60. The Morgan fingerprint density at radius 3 is 2.22 bits per heavy atom. The molecule has 0 bridgehead atoms. The molecule has 0 radical (unpaired) electrons. The van der Waals surface area contributed by atoms with Crippen molar-refractivity contribution in [3.05, 3.63) is 71.4 Å². The lowest BCUT2D eigenvalue weighted by atomic mass is 9.98. The van der Waals surface area contributed by atoms with Crippen LogP contribution in [0, 0.1) is 11.3 Å². The van der Waals surface area contributed by atoms with Crippen molar-refractivity contribution in [1.82, 2.24) is 36.5 Å². The van der Waals surface area contributed by atoms with Gasteiger partial charge in [0.05, 0.1) is 13.0 Å². The van der Waals surface area contributed by atoms with E-state index in [9.17, 15) is 38.7 Å². The summed E-state index contributed by atoms with van der Waals surface area (Å²) in [5.74, 6) is -6.93. The molecular formula is C34H41N9O8. The SMILES string of the molecule is CC(C)[C@H]1C(=O)NC(CNC(=O)c2ccc(C(=N)N)cc2)C(=O)NCC(=O)NC(CC(=O)O)C(=O)NC(Cc2c[nH]c3ccccc23)C(=O)N1C. The number of carbonyl (C=O) groups is 7. The van der Waals surface area contributed by atoms with E-state index in [1.165, 1.54) is 31.3 Å². The van der Waals surface area contributed by atoms with Crippen molar-refractivity contribution in [2.75, 3.05) is 20.1 Å². The van der Waals surface area contributed by atoms with Crippen LogP contribution in [-0.2, 0) is 35.2 Å². The molecule has 0 saturated carbocycles. The van der Waals surface area contributed by atoms with E-state index in [-0.39, 0.29) is 17.8 Å². The Hall–Kier alpha value is -6.26. The van der Waals surface area contributed by atoms with E-state index < -0.39 is 91.0 Å². The number of aliphatic carboxylic acids is 1. The van der Waals surface area contributed by atoms with Gasteiger partial charge in [0.1, 0.15) is 30.0 Å². The van der Waals surface area contributed by atoms with Crippen LogP contribution < -0.4 is 32.3 Å². The van der Waals surface area contributed by atoms with Crippen molar-refractivity contribution < 1.29 is 38.7 Å². The normalized spacial score (nSPS) is 20.8. The van der Waals surface area contributed by atoms with Crippen LogP contribution in [0.5, 0.6) is 0 Å². The van der Waals surface area contributed by atoms with Gasteiger partial charge in [0.25, 0.3) is 5.91 Å². The Kier molecular flexibility index (Phi) is 12.1. The first-order valence-corrected chi connectivity index (χ1v) is 16.1. The number of nitrogens with one attached hydrogen (secondary N) is 7. The van der Waals surface area contributed by atoms with Crippen molar-refractivity contribution >= 4 is 58.2 Å². The number of benzene rings is 2. The molecule has 0 spiro atoms. The van der Waals surface area contributed by atoms with E-state index in [0.29, 0.717) is 11.1 Å². The van der Waals surface area contributed by atoms with Gasteiger partial charge in [-0.1, -0.05) is 44.2 Å². The lowest BCUT2D eigenvalue weighted by molar-refractivity contribution is -0.144. The van der Waals surface area contributed by atoms with Crippen LogP contribution in [0.25, 0.3) is 10.9 Å². The number of carboxylic acids is 1. The molecule has 1 fully saturated rings. The smallest absolute Gasteiger partial charge is 0.305 e. The zero-order valence-electron chi connectivity index (χ0n) is 28.2. The van der Waals surface area contributed by atoms with Gasteiger partial charge in [-0.05, 0) is 29.7 Å². The summed E-state index contributed by atoms with van der Waals surface area (Å²) in [4.78, 5) is 96.7. The second kappa shape index (κ2) is 16.4. The van der Waals surface area contributed by atoms with Crippen LogP contribution in [0.1, 0.15) is 41.8 Å². The summed E-state index contributed by atoms with van der Waals surface area (Å²) in [6, 6.07) is 7.54. The molecule has 3 unspecified atom stereocenters. The fraction of sp³-hybridized carbons (Fsp3) is 0.353. The molecule has 10 N–H and O–H groups in total. The molecule has 6 amide bonds. The van der Waals surface area contributed by atoms with Gasteiger partial charge in [0, 0.05) is 48.2 Å². The number of H-pyrrole nitrogens is 1. The second-order valence-corrected chi connectivity index (χ2v) is 12.5. The summed E-state index contributed by atoms with van der Waals surface area (Å²) in [6.45, 7) is 2.23. The van der Waals surface area contributed by atoms with Crippen molar-refractivity contribution in [2.24, 2.45) is 11.7 Å². The highest BCUT2D eigenvalue weighted by Gasteiger charge is 2.38. The summed E-state index contributed by atoms with van der Waals surface area (Å²) >= 11 is 0. The molecule has 1 aromatic heterocycles. The third-order valence-electron chi connectivity index (χ3n) is 8.39. The number of carbonyl (C=O) groups excluding carboxylic acids is 6. The van der Waals surface area contributed by atoms with Gasteiger partial charge in [-0.15, -0.1) is 0 Å². The number of carboxylic acid groups (broad SMARTS) is 1. The first-order valence-electron chi connectivity index (χ1n) is 16.1. The molecule has 2 heterocycles. The Morgan fingerprint density at radius 2 is 1.57 bits per heavy atom. The van der Waals surface area contributed by atoms with Crippen LogP contribution >= 0.6 is 0 Å². The first kappa shape index (κ1) is 37.6. The summed E-state index contributed by atoms with van der Waals surface area (Å²) in [6.07, 6.45) is 0.795. The van der Waals surface area contributed by atoms with Crippen molar-refractivity contribution in [3.63, 3.8) is 0 Å². The van der Waals surface area contributed by atoms with Gasteiger partial charge in [-0.3, -0.25) is 39.0 Å². The number of nitrogen functional groups attached to an aromatic ring is 1. The number of fused-ring (bicyclic) bond motifs is 1. The van der Waals surface area contributed by atoms with Gasteiger partial charge in [-0.2, -0.15) is 0 Å². The second-order valence-electron chi connectivity index (χ2n) is 12.5. The molecule has 1 aliphatic rings. The van der Waals surface area contributed by atoms with Crippen LogP contribution in [0.15, 0.2) is 54.7 Å². The predicted molar refractivity (Wildman–Crippen MR) is 184 cm³/mol. The van der Waals surface area contributed by atoms with E-state index >= 15 is 0 Å². The van der Waals surface area contributed by atoms with Crippen molar-refractivity contribution in [3.8, 4) is 0 Å². The standard InChI is InChI=1S/C34H41N9O8/c1-17(2)28-33(50)42-25(15-38-30(47)19-10-8-18(9-11-19)29(35)36)31(48)39-16-26(44)40-23(13-27(45)46)32(49)41-24(34(51)43(28)3)12-20-14-37-22-7-5-4-6-21(20)22/h4-11,14,17,23-25,28,37H,12-13,15-16H2,1-3H3,(H3,35,36)(H,38,47)(H,39,48)(H,40,44)(H,41,49)(H,42,50)(H,45,46)/t23?,24?,25?,28-/m0/s1. The zero-order chi connectivity index (χ0) is 37.4. The number of aromatic nitrogens is 1. The largest absolute Gasteiger partial charge is 0.481 e. The molecule has 3 aromatic rings. The van der Waals surface area contributed by atoms with Crippen LogP contribution in [-0.4, -0.2) is 107 Å². The minimum absolute atomic E-state index is 0.0544. The number of nitrogens with zero attached hydrogens (tertiary/aromatic N) is 1. The van der Waals surface area contributed by atoms with Gasteiger partial charge < -0.3 is 47.3 Å². The molecule has 4 atom stereocenters. The number of likely N-dealkylation sites (N-methyl/N-ethyl adjacent to an activating group) is 1. The van der Waals surface area contributed by atoms with Gasteiger partial charge in [0.15, 0.2) is 0 Å². The highest BCUT2D eigenvalue weighted by molar-refractivity contribution is 6.00. The number of para-hydroxylation sites is 1. The number of hydrogen-bond acceptors (Lipinski definition) is 8. The number of rotatable bonds is 9. The fourth-order valence-corrected chi connectivity index (χ4v) is 5.79. The van der Waals surface area contributed by atoms with Crippen molar-refractivity contribution in [2.45, 2.75) is 50.9 Å². The summed E-state index contributed by atoms with van der Waals surface area (Å²) in [5.41, 5.74) is 7.47. The summed E-state index contributed by atoms with van der Waals surface area (Å²) < 4.78 is 0. The fourth-order valence-electron chi connectivity index (χ4n) is 5.79. The lowest BCUT2D eigenvalue weighted by Gasteiger charge is -2.34. The third kappa shape index (κ3) is 9.46. The van der Waals surface area contributed by atoms with Crippen LogP contribution in [0.3, 0.4) is 0 Å². The Labute approximate surface area is 292 Å². The quantitative estimate of drug-likeness (QED) is 0.0972. The van der Waals surface area contributed by atoms with Crippen LogP contribution in [0.4, 0.5) is 0 Å². The minimum Gasteiger partial charge on any atom is -0.481 e. The van der Waals surface area contributed by atoms with E-state index in [2.05, 4.69) is 31.6 Å². The minimum atomic E-state index is -1.62. The summed E-state index contributed by atoms with van der Waals surface area (Å²) in [7, 11) is 1.37. The summed E-state index contributed by atoms with van der Waals surface area (Å²) in [5, 5.41) is 30.2. The Balaban J connectivity index is 1.67. The molecule has 4 rings (SSSR count). The van der Waals surface area contributed by atoms with E-state index in [0.717, 1.165) is 15.8 Å². The molecule has 0 aliphatic carbocycles. The predicted octanol–water partition coefficient (Wildman–Crippen LogP) is -1.03. The van der Waals surface area contributed by atoms with Gasteiger partial charge in [0.2, 0.25) is 29.5 Å². The van der Waals surface area contributed by atoms with Gasteiger partial charge in [-0.25, -0.2) is 0 Å². The molecule has 1 aliphatic heterocycles. The maximum absolute atomic E-state index is 14.2. The zero-order valence-corrected chi connectivity index (χ0v) is 28.2. The van der Waals surface area contributed by atoms with E-state index in [1.54, 1.807) is 26.1 Å². The number of amidine groups is 1. The highest BCUT2D eigenvalue weighted by Crippen LogP contribution is 2.21. The molecule has 270 valence electrons. The molecule has 51 heavy (non-hydrogen) atoms.